The lowest BCUT2D eigenvalue weighted by atomic mass is 10.2. The van der Waals surface area contributed by atoms with Crippen molar-refractivity contribution >= 4 is 11.7 Å². The average Bonchev–Trinajstić information content (AvgIpc) is 2.87. The molecule has 0 saturated carbocycles. The van der Waals surface area contributed by atoms with Crippen LogP contribution in [-0.4, -0.2) is 22.7 Å². The number of aromatic amines is 1. The molecule has 2 aromatic rings. The maximum Gasteiger partial charge on any atom is 0.256 e. The monoisotopic (exact) mass is 256 g/mol. The van der Waals surface area contributed by atoms with E-state index in [-0.39, 0.29) is 5.91 Å². The number of aromatic nitrogens is 2. The largest absolute Gasteiger partial charge is 0.494 e. The summed E-state index contributed by atoms with van der Waals surface area (Å²) >= 11 is 0. The van der Waals surface area contributed by atoms with E-state index in [2.05, 4.69) is 15.5 Å². The third-order valence-electron chi connectivity index (χ3n) is 2.43. The fourth-order valence-electron chi connectivity index (χ4n) is 1.52. The molecule has 0 bridgehead atoms. The van der Waals surface area contributed by atoms with Crippen LogP contribution >= 0.6 is 0 Å². The quantitative estimate of drug-likeness (QED) is 0.874. The standard InChI is InChI=1S/C13H12N4O2/c1-2-19-11-5-3-9(4-6-11)13(18)16-12-10(7-14)8-15-17-12/h3-6,8H,2H2,1H3,(H2,15,16,17,18). The first kappa shape index (κ1) is 12.6. The molecule has 96 valence electrons. The molecule has 1 heterocycles. The summed E-state index contributed by atoms with van der Waals surface area (Å²) in [6, 6.07) is 8.68. The van der Waals surface area contributed by atoms with Crippen molar-refractivity contribution in [3.63, 3.8) is 0 Å². The van der Waals surface area contributed by atoms with Gasteiger partial charge in [-0.05, 0) is 31.2 Å². The van der Waals surface area contributed by atoms with Crippen LogP contribution in [-0.2, 0) is 0 Å². The zero-order valence-corrected chi connectivity index (χ0v) is 10.3. The molecular weight excluding hydrogens is 244 g/mol. The highest BCUT2D eigenvalue weighted by molar-refractivity contribution is 6.04. The second-order valence-electron chi connectivity index (χ2n) is 3.68. The van der Waals surface area contributed by atoms with Crippen LogP contribution in [0.3, 0.4) is 0 Å². The number of carbonyl (C=O) groups excluding carboxylic acids is 1. The number of H-pyrrole nitrogens is 1. The van der Waals surface area contributed by atoms with Crippen molar-refractivity contribution in [3.05, 3.63) is 41.6 Å². The Morgan fingerprint density at radius 1 is 1.47 bits per heavy atom. The van der Waals surface area contributed by atoms with Gasteiger partial charge in [-0.15, -0.1) is 0 Å². The molecule has 2 N–H and O–H groups in total. The summed E-state index contributed by atoms with van der Waals surface area (Å²) in [6.45, 7) is 2.47. The minimum atomic E-state index is -0.316. The summed E-state index contributed by atoms with van der Waals surface area (Å²) in [4.78, 5) is 11.9. The molecular formula is C13H12N4O2. The van der Waals surface area contributed by atoms with Gasteiger partial charge in [0, 0.05) is 5.56 Å². The van der Waals surface area contributed by atoms with E-state index in [0.717, 1.165) is 0 Å². The van der Waals surface area contributed by atoms with E-state index in [1.165, 1.54) is 6.20 Å². The highest BCUT2D eigenvalue weighted by Gasteiger charge is 2.10. The fraction of sp³-hybridized carbons (Fsp3) is 0.154. The van der Waals surface area contributed by atoms with Gasteiger partial charge in [0.25, 0.3) is 5.91 Å². The zero-order chi connectivity index (χ0) is 13.7. The van der Waals surface area contributed by atoms with Crippen molar-refractivity contribution in [3.8, 4) is 11.8 Å². The second kappa shape index (κ2) is 5.69. The molecule has 2 rings (SSSR count). The van der Waals surface area contributed by atoms with Gasteiger partial charge in [-0.1, -0.05) is 0 Å². The highest BCUT2D eigenvalue weighted by Crippen LogP contribution is 2.14. The van der Waals surface area contributed by atoms with Gasteiger partial charge in [-0.3, -0.25) is 9.89 Å². The molecule has 0 unspecified atom stereocenters. The van der Waals surface area contributed by atoms with E-state index >= 15 is 0 Å². The molecule has 0 aliphatic rings. The van der Waals surface area contributed by atoms with Crippen molar-refractivity contribution < 1.29 is 9.53 Å². The van der Waals surface area contributed by atoms with Gasteiger partial charge in [0.2, 0.25) is 0 Å². The first-order chi connectivity index (χ1) is 9.24. The number of hydrogen-bond acceptors (Lipinski definition) is 4. The summed E-state index contributed by atoms with van der Waals surface area (Å²) in [5.41, 5.74) is 0.765. The van der Waals surface area contributed by atoms with Gasteiger partial charge < -0.3 is 10.1 Å². The number of carbonyl (C=O) groups is 1. The normalized spacial score (nSPS) is 9.68. The number of benzene rings is 1. The lowest BCUT2D eigenvalue weighted by Gasteiger charge is -2.05. The van der Waals surface area contributed by atoms with Crippen LogP contribution in [0, 0.1) is 11.3 Å². The van der Waals surface area contributed by atoms with Gasteiger partial charge in [-0.25, -0.2) is 0 Å². The van der Waals surface area contributed by atoms with Crippen LogP contribution in [0.15, 0.2) is 30.5 Å². The maximum atomic E-state index is 11.9. The van der Waals surface area contributed by atoms with Gasteiger partial charge in [-0.2, -0.15) is 10.4 Å². The predicted octanol–water partition coefficient (Wildman–Crippen LogP) is 1.93. The Morgan fingerprint density at radius 3 is 2.84 bits per heavy atom. The number of anilines is 1. The minimum absolute atomic E-state index is 0.291. The summed E-state index contributed by atoms with van der Waals surface area (Å²) in [6.07, 6.45) is 1.35. The van der Waals surface area contributed by atoms with Crippen LogP contribution in [0.2, 0.25) is 0 Å². The molecule has 6 heteroatoms. The summed E-state index contributed by atoms with van der Waals surface area (Å²) in [5.74, 6) is 0.684. The molecule has 0 spiro atoms. The summed E-state index contributed by atoms with van der Waals surface area (Å²) in [7, 11) is 0. The van der Waals surface area contributed by atoms with E-state index in [0.29, 0.717) is 29.3 Å². The van der Waals surface area contributed by atoms with Crippen LogP contribution in [0.1, 0.15) is 22.8 Å². The van der Waals surface area contributed by atoms with Crippen LogP contribution in [0.4, 0.5) is 5.82 Å². The molecule has 0 aliphatic heterocycles. The maximum absolute atomic E-state index is 11.9. The number of nitrogens with one attached hydrogen (secondary N) is 2. The van der Waals surface area contributed by atoms with Crippen molar-refractivity contribution in [2.45, 2.75) is 6.92 Å². The fourth-order valence-corrected chi connectivity index (χ4v) is 1.52. The van der Waals surface area contributed by atoms with Gasteiger partial charge in [0.15, 0.2) is 0 Å². The van der Waals surface area contributed by atoms with E-state index in [4.69, 9.17) is 10.00 Å². The second-order valence-corrected chi connectivity index (χ2v) is 3.68. The molecule has 1 amide bonds. The van der Waals surface area contributed by atoms with Crippen LogP contribution < -0.4 is 10.1 Å². The Kier molecular flexibility index (Phi) is 3.78. The van der Waals surface area contributed by atoms with Crippen LogP contribution in [0.5, 0.6) is 5.75 Å². The van der Waals surface area contributed by atoms with E-state index in [1.807, 2.05) is 13.0 Å². The first-order valence-electron chi connectivity index (χ1n) is 5.72. The molecule has 1 aromatic carbocycles. The Hall–Kier alpha value is -2.81. The third kappa shape index (κ3) is 2.90. The van der Waals surface area contributed by atoms with Crippen LogP contribution in [0.25, 0.3) is 0 Å². The topological polar surface area (TPSA) is 90.8 Å². The van der Waals surface area contributed by atoms with Crippen molar-refractivity contribution in [2.24, 2.45) is 0 Å². The molecule has 0 radical (unpaired) electrons. The third-order valence-corrected chi connectivity index (χ3v) is 2.43. The van der Waals surface area contributed by atoms with E-state index < -0.39 is 0 Å². The number of amides is 1. The zero-order valence-electron chi connectivity index (χ0n) is 10.3. The van der Waals surface area contributed by atoms with Crippen molar-refractivity contribution in [1.82, 2.24) is 10.2 Å². The molecule has 6 nitrogen and oxygen atoms in total. The van der Waals surface area contributed by atoms with Gasteiger partial charge in [0.05, 0.1) is 12.8 Å². The number of nitrogens with zero attached hydrogens (tertiary/aromatic N) is 2. The Balaban J connectivity index is 2.10. The Bertz CT molecular complexity index is 610. The summed E-state index contributed by atoms with van der Waals surface area (Å²) < 4.78 is 5.29. The number of nitriles is 1. The first-order valence-corrected chi connectivity index (χ1v) is 5.72. The predicted molar refractivity (Wildman–Crippen MR) is 68.9 cm³/mol. The highest BCUT2D eigenvalue weighted by atomic mass is 16.5. The molecule has 19 heavy (non-hydrogen) atoms. The Morgan fingerprint density at radius 2 is 2.21 bits per heavy atom. The van der Waals surface area contributed by atoms with Gasteiger partial charge >= 0.3 is 0 Å². The molecule has 1 aromatic heterocycles. The lowest BCUT2D eigenvalue weighted by molar-refractivity contribution is 0.102. The minimum Gasteiger partial charge on any atom is -0.494 e. The summed E-state index contributed by atoms with van der Waals surface area (Å²) in [5, 5.41) is 17.7. The van der Waals surface area contributed by atoms with E-state index in [1.54, 1.807) is 24.3 Å². The van der Waals surface area contributed by atoms with Crippen molar-refractivity contribution in [1.29, 1.82) is 5.26 Å². The van der Waals surface area contributed by atoms with Gasteiger partial charge in [0.1, 0.15) is 23.2 Å². The molecule has 0 aliphatic carbocycles. The number of ether oxygens (including phenoxy) is 1. The Labute approximate surface area is 110 Å². The van der Waals surface area contributed by atoms with Crippen molar-refractivity contribution in [2.75, 3.05) is 11.9 Å². The molecule has 0 fully saturated rings. The molecule has 0 saturated heterocycles. The average molecular weight is 256 g/mol. The number of rotatable bonds is 4. The smallest absolute Gasteiger partial charge is 0.256 e. The number of hydrogen-bond donors (Lipinski definition) is 2. The van der Waals surface area contributed by atoms with E-state index in [9.17, 15) is 4.79 Å². The molecule has 0 atom stereocenters. The lowest BCUT2D eigenvalue weighted by Crippen LogP contribution is -2.12. The SMILES string of the molecule is CCOc1ccc(C(=O)Nc2[nH]ncc2C#N)cc1.